The Morgan fingerprint density at radius 1 is 1.24 bits per heavy atom. The predicted octanol–water partition coefficient (Wildman–Crippen LogP) is 1.03. The van der Waals surface area contributed by atoms with Crippen LogP contribution < -0.4 is 15.2 Å². The summed E-state index contributed by atoms with van der Waals surface area (Å²) in [4.78, 5) is 4.23. The SMILES string of the molecule is COc1ccc(CNS(=O)(=O)c2ccccc2CN)cn1. The zero-order chi connectivity index (χ0) is 15.3. The van der Waals surface area contributed by atoms with Crippen LogP contribution in [0.2, 0.25) is 0 Å². The average Bonchev–Trinajstić information content (AvgIpc) is 2.53. The number of hydrogen-bond acceptors (Lipinski definition) is 5. The summed E-state index contributed by atoms with van der Waals surface area (Å²) in [5.74, 6) is 0.482. The number of benzene rings is 1. The number of methoxy groups -OCH3 is 1. The maximum Gasteiger partial charge on any atom is 0.241 e. The van der Waals surface area contributed by atoms with Gasteiger partial charge in [0, 0.05) is 25.4 Å². The Hall–Kier alpha value is -1.96. The van der Waals surface area contributed by atoms with Crippen molar-refractivity contribution in [3.8, 4) is 5.88 Å². The fourth-order valence-corrected chi connectivity index (χ4v) is 3.09. The molecule has 0 aliphatic carbocycles. The van der Waals surface area contributed by atoms with Gasteiger partial charge in [-0.3, -0.25) is 0 Å². The molecule has 1 aromatic heterocycles. The van der Waals surface area contributed by atoms with Crippen molar-refractivity contribution < 1.29 is 13.2 Å². The topological polar surface area (TPSA) is 94.3 Å². The third kappa shape index (κ3) is 3.78. The highest BCUT2D eigenvalue weighted by Crippen LogP contribution is 2.15. The molecule has 0 saturated heterocycles. The summed E-state index contributed by atoms with van der Waals surface area (Å²) in [5.41, 5.74) is 6.89. The molecule has 6 nitrogen and oxygen atoms in total. The van der Waals surface area contributed by atoms with Crippen LogP contribution in [0.4, 0.5) is 0 Å². The largest absolute Gasteiger partial charge is 0.481 e. The van der Waals surface area contributed by atoms with Gasteiger partial charge in [0.15, 0.2) is 0 Å². The van der Waals surface area contributed by atoms with Crippen LogP contribution in [0, 0.1) is 0 Å². The third-order valence-electron chi connectivity index (χ3n) is 2.96. The molecule has 1 aromatic carbocycles. The molecular weight excluding hydrogens is 290 g/mol. The summed E-state index contributed by atoms with van der Waals surface area (Å²) in [6, 6.07) is 10.1. The van der Waals surface area contributed by atoms with Gasteiger partial charge in [-0.1, -0.05) is 24.3 Å². The molecule has 2 rings (SSSR count). The Morgan fingerprint density at radius 3 is 2.62 bits per heavy atom. The summed E-state index contributed by atoms with van der Waals surface area (Å²) in [6.07, 6.45) is 1.57. The first kappa shape index (κ1) is 15.4. The lowest BCUT2D eigenvalue weighted by atomic mass is 10.2. The van der Waals surface area contributed by atoms with Crippen LogP contribution in [0.3, 0.4) is 0 Å². The van der Waals surface area contributed by atoms with E-state index in [0.29, 0.717) is 11.4 Å². The number of nitrogens with two attached hydrogens (primary N) is 1. The molecule has 0 aliphatic rings. The second-order valence-corrected chi connectivity index (χ2v) is 6.08. The van der Waals surface area contributed by atoms with E-state index in [1.807, 2.05) is 0 Å². The average molecular weight is 307 g/mol. The van der Waals surface area contributed by atoms with Crippen LogP contribution in [0.15, 0.2) is 47.5 Å². The lowest BCUT2D eigenvalue weighted by Crippen LogP contribution is -2.24. The van der Waals surface area contributed by atoms with Crippen molar-refractivity contribution in [1.82, 2.24) is 9.71 Å². The van der Waals surface area contributed by atoms with Crippen LogP contribution in [0.5, 0.6) is 5.88 Å². The van der Waals surface area contributed by atoms with E-state index in [-0.39, 0.29) is 18.0 Å². The van der Waals surface area contributed by atoms with E-state index in [9.17, 15) is 8.42 Å². The number of hydrogen-bond donors (Lipinski definition) is 2. The molecule has 0 saturated carbocycles. The molecule has 21 heavy (non-hydrogen) atoms. The highest BCUT2D eigenvalue weighted by Gasteiger charge is 2.17. The highest BCUT2D eigenvalue weighted by molar-refractivity contribution is 7.89. The number of nitrogens with one attached hydrogen (secondary N) is 1. The molecule has 0 amide bonds. The van der Waals surface area contributed by atoms with Gasteiger partial charge < -0.3 is 10.5 Å². The van der Waals surface area contributed by atoms with Gasteiger partial charge in [-0.15, -0.1) is 0 Å². The predicted molar refractivity (Wildman–Crippen MR) is 79.1 cm³/mol. The number of pyridine rings is 1. The smallest absolute Gasteiger partial charge is 0.241 e. The Labute approximate surface area is 124 Å². The van der Waals surface area contributed by atoms with Crippen LogP contribution in [0.25, 0.3) is 0 Å². The van der Waals surface area contributed by atoms with Crippen LogP contribution in [-0.2, 0) is 23.1 Å². The third-order valence-corrected chi connectivity index (χ3v) is 4.46. The van der Waals surface area contributed by atoms with Crippen molar-refractivity contribution >= 4 is 10.0 Å². The van der Waals surface area contributed by atoms with Gasteiger partial charge in [0.05, 0.1) is 12.0 Å². The molecule has 0 radical (unpaired) electrons. The van der Waals surface area contributed by atoms with Crippen LogP contribution in [0.1, 0.15) is 11.1 Å². The van der Waals surface area contributed by atoms with Crippen molar-refractivity contribution in [1.29, 1.82) is 0 Å². The highest BCUT2D eigenvalue weighted by atomic mass is 32.2. The van der Waals surface area contributed by atoms with Crippen molar-refractivity contribution in [2.75, 3.05) is 7.11 Å². The Kier molecular flexibility index (Phi) is 4.89. The van der Waals surface area contributed by atoms with Crippen LogP contribution in [-0.4, -0.2) is 20.5 Å². The van der Waals surface area contributed by atoms with Crippen molar-refractivity contribution in [3.63, 3.8) is 0 Å². The van der Waals surface area contributed by atoms with E-state index < -0.39 is 10.0 Å². The van der Waals surface area contributed by atoms with Gasteiger partial charge in [-0.05, 0) is 17.2 Å². The maximum absolute atomic E-state index is 12.3. The summed E-state index contributed by atoms with van der Waals surface area (Å²) >= 11 is 0. The van der Waals surface area contributed by atoms with E-state index in [1.54, 1.807) is 36.5 Å². The van der Waals surface area contributed by atoms with Gasteiger partial charge in [-0.2, -0.15) is 0 Å². The van der Waals surface area contributed by atoms with E-state index in [2.05, 4.69) is 9.71 Å². The Balaban J connectivity index is 2.13. The van der Waals surface area contributed by atoms with E-state index in [1.165, 1.54) is 13.2 Å². The molecule has 0 aliphatic heterocycles. The summed E-state index contributed by atoms with van der Waals surface area (Å²) in [7, 11) is -2.08. The molecule has 0 atom stereocenters. The number of aromatic nitrogens is 1. The number of nitrogens with zero attached hydrogens (tertiary/aromatic N) is 1. The van der Waals surface area contributed by atoms with Gasteiger partial charge in [0.2, 0.25) is 15.9 Å². The first-order valence-electron chi connectivity index (χ1n) is 6.33. The summed E-state index contributed by atoms with van der Waals surface area (Å²) < 4.78 is 32.1. The number of rotatable bonds is 6. The zero-order valence-corrected chi connectivity index (χ0v) is 12.4. The number of sulfonamides is 1. The standard InChI is InChI=1S/C14H17N3O3S/c1-20-14-7-6-11(9-16-14)10-17-21(18,19)13-5-3-2-4-12(13)8-15/h2-7,9,17H,8,10,15H2,1H3. The zero-order valence-electron chi connectivity index (χ0n) is 11.6. The molecule has 112 valence electrons. The minimum atomic E-state index is -3.61. The Bertz CT molecular complexity index is 700. The maximum atomic E-state index is 12.3. The van der Waals surface area contributed by atoms with Crippen molar-refractivity contribution in [3.05, 3.63) is 53.7 Å². The first-order chi connectivity index (χ1) is 10.1. The monoisotopic (exact) mass is 307 g/mol. The quantitative estimate of drug-likeness (QED) is 0.831. The van der Waals surface area contributed by atoms with Crippen molar-refractivity contribution in [2.24, 2.45) is 5.73 Å². The molecule has 2 aromatic rings. The molecule has 3 N–H and O–H groups in total. The molecule has 1 heterocycles. The Morgan fingerprint density at radius 2 is 2.00 bits per heavy atom. The lowest BCUT2D eigenvalue weighted by molar-refractivity contribution is 0.397. The minimum absolute atomic E-state index is 0.151. The molecule has 0 spiro atoms. The molecule has 0 fully saturated rings. The molecule has 0 bridgehead atoms. The van der Waals surface area contributed by atoms with Gasteiger partial charge >= 0.3 is 0 Å². The summed E-state index contributed by atoms with van der Waals surface area (Å²) in [6.45, 7) is 0.319. The van der Waals surface area contributed by atoms with E-state index >= 15 is 0 Å². The molecule has 7 heteroatoms. The normalized spacial score (nSPS) is 11.3. The first-order valence-corrected chi connectivity index (χ1v) is 7.81. The van der Waals surface area contributed by atoms with Gasteiger partial charge in [-0.25, -0.2) is 18.1 Å². The van der Waals surface area contributed by atoms with Crippen LogP contribution >= 0.6 is 0 Å². The summed E-state index contributed by atoms with van der Waals surface area (Å²) in [5, 5.41) is 0. The second kappa shape index (κ2) is 6.66. The molecular formula is C14H17N3O3S. The van der Waals surface area contributed by atoms with Gasteiger partial charge in [0.1, 0.15) is 0 Å². The number of ether oxygens (including phenoxy) is 1. The van der Waals surface area contributed by atoms with Gasteiger partial charge in [0.25, 0.3) is 0 Å². The fourth-order valence-electron chi connectivity index (χ4n) is 1.83. The fraction of sp³-hybridized carbons (Fsp3) is 0.214. The molecule has 0 unspecified atom stereocenters. The van der Waals surface area contributed by atoms with E-state index in [4.69, 9.17) is 10.5 Å². The van der Waals surface area contributed by atoms with E-state index in [0.717, 1.165) is 5.56 Å². The minimum Gasteiger partial charge on any atom is -0.481 e. The second-order valence-electron chi connectivity index (χ2n) is 4.35. The lowest BCUT2D eigenvalue weighted by Gasteiger charge is -2.10. The van der Waals surface area contributed by atoms with Crippen molar-refractivity contribution in [2.45, 2.75) is 18.0 Å².